The van der Waals surface area contributed by atoms with Crippen LogP contribution in [0.15, 0.2) is 29.0 Å². The summed E-state index contributed by atoms with van der Waals surface area (Å²) in [5, 5.41) is 46.4. The molecule has 3 unspecified atom stereocenters. The van der Waals surface area contributed by atoms with Crippen molar-refractivity contribution in [3.8, 4) is 5.75 Å². The molecule has 1 aromatic rings. The van der Waals surface area contributed by atoms with E-state index in [2.05, 4.69) is 5.32 Å². The summed E-state index contributed by atoms with van der Waals surface area (Å²) in [6, 6.07) is 0.842. The molecule has 3 aliphatic rings. The highest BCUT2D eigenvalue weighted by Gasteiger charge is 2.60. The number of fused-ring (bicyclic) bond motifs is 3. The van der Waals surface area contributed by atoms with E-state index in [0.717, 1.165) is 0 Å². The zero-order valence-corrected chi connectivity index (χ0v) is 19.1. The third-order valence-corrected chi connectivity index (χ3v) is 7.25. The van der Waals surface area contributed by atoms with Crippen LogP contribution >= 0.6 is 0 Å². The molecule has 12 nitrogen and oxygen atoms in total. The van der Waals surface area contributed by atoms with Crippen molar-refractivity contribution in [1.29, 1.82) is 0 Å². The first kappa shape index (κ1) is 24.2. The van der Waals surface area contributed by atoms with Gasteiger partial charge in [-0.2, -0.15) is 0 Å². The number of phenols is 1. The number of nitrogens with one attached hydrogen (secondary N) is 1. The largest absolute Gasteiger partial charge is 0.510 e. The van der Waals surface area contributed by atoms with Crippen molar-refractivity contribution in [3.63, 3.8) is 0 Å². The Morgan fingerprint density at radius 3 is 2.23 bits per heavy atom. The van der Waals surface area contributed by atoms with Crippen molar-refractivity contribution in [1.82, 2.24) is 4.90 Å². The normalized spacial score (nSPS) is 30.1. The molecule has 6 atom stereocenters. The van der Waals surface area contributed by atoms with Crippen LogP contribution < -0.4 is 16.8 Å². The summed E-state index contributed by atoms with van der Waals surface area (Å²) in [6.07, 6.45) is -1.41. The second-order valence-electron chi connectivity index (χ2n) is 9.30. The molecule has 0 spiro atoms. The summed E-state index contributed by atoms with van der Waals surface area (Å²) in [6.45, 7) is 1.67. The van der Waals surface area contributed by atoms with Crippen molar-refractivity contribution in [2.24, 2.45) is 29.2 Å². The lowest BCUT2D eigenvalue weighted by Gasteiger charge is -2.50. The maximum Gasteiger partial charge on any atom is 0.316 e. The van der Waals surface area contributed by atoms with Crippen LogP contribution in [-0.4, -0.2) is 75.1 Å². The minimum Gasteiger partial charge on any atom is -0.510 e. The number of urea groups is 1. The van der Waals surface area contributed by atoms with Gasteiger partial charge in [0.05, 0.1) is 29.3 Å². The van der Waals surface area contributed by atoms with Crippen LogP contribution in [0, 0.1) is 17.8 Å². The van der Waals surface area contributed by atoms with Gasteiger partial charge >= 0.3 is 6.03 Å². The third-order valence-electron chi connectivity index (χ3n) is 7.25. The smallest absolute Gasteiger partial charge is 0.316 e. The molecule has 35 heavy (non-hydrogen) atoms. The van der Waals surface area contributed by atoms with E-state index in [1.165, 1.54) is 17.0 Å². The zero-order chi connectivity index (χ0) is 26.1. The number of aliphatic hydroxyl groups excluding tert-OH is 3. The molecular formula is C23H26N4O8. The SMILES string of the molecule is C[C@H]1c2ccc(NC(N)=O)c(O)c2C(O)=C2C(=O)C3C(=O)C(C(N)=O)=C(O)[C@@H](N(C)C)C3[C@@H](O)C21. The van der Waals surface area contributed by atoms with Gasteiger partial charge in [0, 0.05) is 17.4 Å². The number of Topliss-reactive ketones (excluding diaryl/α,β-unsaturated/α-hetero) is 2. The number of carbonyl (C=O) groups excluding carboxylic acids is 4. The standard InChI is InChI=1S/C23H26N4O8/c1-6-7-4-5-8(26-23(25)35)16(28)10(7)18(30)12-9(6)17(29)11-13(19(12)31)20(32)14(22(24)34)21(33)15(11)27(2)3/h4-6,9,11,13,15,17,28-30,33H,1-3H3,(H2,24,34)(H3,25,26,35)/t6-,9?,11?,13?,15-,17-/m0/s1. The van der Waals surface area contributed by atoms with Crippen LogP contribution in [0.2, 0.25) is 0 Å². The van der Waals surface area contributed by atoms with Gasteiger partial charge in [-0.1, -0.05) is 13.0 Å². The van der Waals surface area contributed by atoms with E-state index in [1.807, 2.05) is 0 Å². The second-order valence-corrected chi connectivity index (χ2v) is 9.30. The molecule has 1 fully saturated rings. The molecule has 0 radical (unpaired) electrons. The number of aliphatic hydroxyl groups is 3. The molecule has 3 amide bonds. The molecule has 4 rings (SSSR count). The lowest BCUT2D eigenvalue weighted by atomic mass is 9.56. The Bertz CT molecular complexity index is 1250. The van der Waals surface area contributed by atoms with Crippen LogP contribution in [0.5, 0.6) is 5.75 Å². The van der Waals surface area contributed by atoms with E-state index in [9.17, 15) is 39.6 Å². The van der Waals surface area contributed by atoms with Crippen LogP contribution in [0.4, 0.5) is 10.5 Å². The second kappa shape index (κ2) is 8.10. The summed E-state index contributed by atoms with van der Waals surface area (Å²) in [5.74, 6) is -9.32. The van der Waals surface area contributed by atoms with Gasteiger partial charge in [0.2, 0.25) is 0 Å². The number of aromatic hydroxyl groups is 1. The summed E-state index contributed by atoms with van der Waals surface area (Å²) < 4.78 is 0. The molecule has 1 saturated carbocycles. The van der Waals surface area contributed by atoms with E-state index in [1.54, 1.807) is 21.0 Å². The van der Waals surface area contributed by atoms with Crippen molar-refractivity contribution in [2.75, 3.05) is 19.4 Å². The third kappa shape index (κ3) is 3.28. The number of ketones is 2. The predicted octanol–water partition coefficient (Wildman–Crippen LogP) is -0.128. The Balaban J connectivity index is 1.96. The Morgan fingerprint density at radius 2 is 1.69 bits per heavy atom. The maximum absolute atomic E-state index is 13.7. The average Bonchev–Trinajstić information content (AvgIpc) is 2.74. The number of primary amides is 2. The molecule has 9 N–H and O–H groups in total. The summed E-state index contributed by atoms with van der Waals surface area (Å²) >= 11 is 0. The van der Waals surface area contributed by atoms with Crippen molar-refractivity contribution in [2.45, 2.75) is 25.0 Å². The van der Waals surface area contributed by atoms with Crippen molar-refractivity contribution in [3.05, 3.63) is 40.2 Å². The van der Waals surface area contributed by atoms with E-state index < -0.39 is 82.2 Å². The van der Waals surface area contributed by atoms with Crippen LogP contribution in [0.3, 0.4) is 0 Å². The maximum atomic E-state index is 13.7. The fourth-order valence-corrected chi connectivity index (χ4v) is 5.84. The quantitative estimate of drug-likeness (QED) is 0.172. The Labute approximate surface area is 199 Å². The Kier molecular flexibility index (Phi) is 5.61. The van der Waals surface area contributed by atoms with Crippen molar-refractivity contribution >= 4 is 35.0 Å². The number of phenolic OH excluding ortho intramolecular Hbond substituents is 1. The van der Waals surface area contributed by atoms with Gasteiger partial charge in [0.15, 0.2) is 11.6 Å². The van der Waals surface area contributed by atoms with Gasteiger partial charge < -0.3 is 37.2 Å². The number of benzene rings is 1. The topological polar surface area (TPSA) is 217 Å². The van der Waals surface area contributed by atoms with Gasteiger partial charge in [-0.25, -0.2) is 4.79 Å². The van der Waals surface area contributed by atoms with Crippen LogP contribution in [0.1, 0.15) is 24.0 Å². The van der Waals surface area contributed by atoms with E-state index in [-0.39, 0.29) is 16.8 Å². The number of hydrogen-bond acceptors (Lipinski definition) is 9. The molecule has 0 saturated heterocycles. The highest BCUT2D eigenvalue weighted by atomic mass is 16.3. The van der Waals surface area contributed by atoms with Gasteiger partial charge in [-0.15, -0.1) is 0 Å². The highest BCUT2D eigenvalue weighted by molar-refractivity contribution is 6.28. The predicted molar refractivity (Wildman–Crippen MR) is 122 cm³/mol. The first-order chi connectivity index (χ1) is 16.3. The summed E-state index contributed by atoms with van der Waals surface area (Å²) in [7, 11) is 3.11. The molecular weight excluding hydrogens is 460 g/mol. The number of hydrogen-bond donors (Lipinski definition) is 7. The molecule has 0 aliphatic heterocycles. The fourth-order valence-electron chi connectivity index (χ4n) is 5.84. The zero-order valence-electron chi connectivity index (χ0n) is 19.1. The minimum absolute atomic E-state index is 0.110. The van der Waals surface area contributed by atoms with Gasteiger partial charge in [0.1, 0.15) is 22.8 Å². The van der Waals surface area contributed by atoms with Gasteiger partial charge in [0.25, 0.3) is 5.91 Å². The molecule has 0 heterocycles. The van der Waals surface area contributed by atoms with E-state index >= 15 is 0 Å². The van der Waals surface area contributed by atoms with Gasteiger partial charge in [-0.3, -0.25) is 19.3 Å². The number of anilines is 1. The monoisotopic (exact) mass is 486 g/mol. The van der Waals surface area contributed by atoms with Crippen LogP contribution in [0.25, 0.3) is 5.76 Å². The number of likely N-dealkylation sites (N-methyl/N-ethyl adjacent to an activating group) is 1. The number of carbonyl (C=O) groups is 4. The molecule has 186 valence electrons. The van der Waals surface area contributed by atoms with Crippen LogP contribution in [-0.2, 0) is 14.4 Å². The lowest BCUT2D eigenvalue weighted by molar-refractivity contribution is -0.143. The summed E-state index contributed by atoms with van der Waals surface area (Å²) in [4.78, 5) is 51.7. The minimum atomic E-state index is -1.60. The highest BCUT2D eigenvalue weighted by Crippen LogP contribution is 2.55. The van der Waals surface area contributed by atoms with E-state index in [0.29, 0.717) is 5.56 Å². The molecule has 12 heteroatoms. The average molecular weight is 486 g/mol. The fraction of sp³-hybridized carbons (Fsp3) is 0.391. The van der Waals surface area contributed by atoms with E-state index in [4.69, 9.17) is 11.5 Å². The first-order valence-corrected chi connectivity index (χ1v) is 10.8. The summed E-state index contributed by atoms with van der Waals surface area (Å²) in [5.41, 5.74) is 9.56. The first-order valence-electron chi connectivity index (χ1n) is 10.8. The molecule has 0 bridgehead atoms. The van der Waals surface area contributed by atoms with Crippen molar-refractivity contribution < 1.29 is 39.6 Å². The Morgan fingerprint density at radius 1 is 1.06 bits per heavy atom. The number of rotatable bonds is 3. The molecule has 3 aliphatic carbocycles. The molecule has 0 aromatic heterocycles. The number of nitrogens with zero attached hydrogens (tertiary/aromatic N) is 1. The lowest BCUT2D eigenvalue weighted by Crippen LogP contribution is -2.61. The Hall–Kier alpha value is -3.90. The number of amides is 3. The number of nitrogens with two attached hydrogens (primary N) is 2. The van der Waals surface area contributed by atoms with Gasteiger partial charge in [-0.05, 0) is 31.6 Å². The molecule has 1 aromatic carbocycles.